The van der Waals surface area contributed by atoms with Crippen molar-refractivity contribution >= 4 is 0 Å². The minimum absolute atomic E-state index is 0.0829. The molecule has 0 aromatic rings. The van der Waals surface area contributed by atoms with Crippen LogP contribution in [0.3, 0.4) is 0 Å². The topological polar surface area (TPSA) is 32.3 Å². The minimum atomic E-state index is 0.0829. The van der Waals surface area contributed by atoms with Gasteiger partial charge in [-0.1, -0.05) is 33.1 Å². The normalized spacial score (nSPS) is 21.6. The van der Waals surface area contributed by atoms with Crippen LogP contribution in [0.15, 0.2) is 0 Å². The van der Waals surface area contributed by atoms with Gasteiger partial charge in [-0.2, -0.15) is 0 Å². The van der Waals surface area contributed by atoms with Crippen LogP contribution in [0, 0.1) is 11.3 Å². The Morgan fingerprint density at radius 3 is 2.57 bits per heavy atom. The highest BCUT2D eigenvalue weighted by Gasteiger charge is 2.21. The molecule has 1 atom stereocenters. The quantitative estimate of drug-likeness (QED) is 0.616. The van der Waals surface area contributed by atoms with Crippen molar-refractivity contribution in [2.45, 2.75) is 46.0 Å². The summed E-state index contributed by atoms with van der Waals surface area (Å²) in [5.74, 6) is 0.990. The summed E-state index contributed by atoms with van der Waals surface area (Å²) < 4.78 is 0. The number of nitrogens with one attached hydrogen (secondary N) is 1. The molecule has 1 saturated carbocycles. The number of aliphatic hydroxyl groups excluding tert-OH is 1. The zero-order valence-corrected chi connectivity index (χ0v) is 9.68. The molecule has 1 aliphatic carbocycles. The number of rotatable bonds is 7. The summed E-state index contributed by atoms with van der Waals surface area (Å²) in [7, 11) is 0. The van der Waals surface area contributed by atoms with Gasteiger partial charge in [0.25, 0.3) is 0 Å². The van der Waals surface area contributed by atoms with Gasteiger partial charge in [0.05, 0.1) is 0 Å². The summed E-state index contributed by atoms with van der Waals surface area (Å²) in [5.41, 5.74) is 0.0829. The molecule has 2 heteroatoms. The van der Waals surface area contributed by atoms with Crippen LogP contribution in [0.4, 0.5) is 0 Å². The van der Waals surface area contributed by atoms with Gasteiger partial charge in [0.1, 0.15) is 0 Å². The molecule has 0 aromatic carbocycles. The highest BCUT2D eigenvalue weighted by molar-refractivity contribution is 4.75. The maximum atomic E-state index is 9.21. The van der Waals surface area contributed by atoms with Crippen LogP contribution in [0.25, 0.3) is 0 Å². The molecular weight excluding hydrogens is 174 g/mol. The maximum absolute atomic E-state index is 9.21. The number of aliphatic hydroxyl groups is 1. The van der Waals surface area contributed by atoms with E-state index in [0.29, 0.717) is 6.61 Å². The van der Waals surface area contributed by atoms with Crippen LogP contribution in [0.1, 0.15) is 46.0 Å². The molecule has 0 aliphatic heterocycles. The molecule has 1 rings (SSSR count). The molecule has 0 spiro atoms. The second-order valence-corrected chi connectivity index (χ2v) is 5.08. The highest BCUT2D eigenvalue weighted by Crippen LogP contribution is 2.28. The first-order chi connectivity index (χ1) is 6.70. The Morgan fingerprint density at radius 1 is 1.43 bits per heavy atom. The van der Waals surface area contributed by atoms with Gasteiger partial charge in [-0.15, -0.1) is 0 Å². The number of hydrogen-bond donors (Lipinski definition) is 2. The summed E-state index contributed by atoms with van der Waals surface area (Å²) in [5, 5.41) is 12.7. The summed E-state index contributed by atoms with van der Waals surface area (Å²) in [6, 6.07) is 0. The molecule has 0 saturated heterocycles. The molecule has 0 heterocycles. The zero-order valence-electron chi connectivity index (χ0n) is 9.68. The third kappa shape index (κ3) is 3.58. The van der Waals surface area contributed by atoms with E-state index in [2.05, 4.69) is 19.2 Å². The fourth-order valence-corrected chi connectivity index (χ4v) is 1.77. The lowest BCUT2D eigenvalue weighted by Gasteiger charge is -2.28. The Labute approximate surface area is 88.1 Å². The first-order valence-electron chi connectivity index (χ1n) is 6.02. The van der Waals surface area contributed by atoms with Crippen molar-refractivity contribution in [3.63, 3.8) is 0 Å². The van der Waals surface area contributed by atoms with Gasteiger partial charge in [0.2, 0.25) is 0 Å². The average molecular weight is 199 g/mol. The maximum Gasteiger partial charge on any atom is 0.0496 e. The summed E-state index contributed by atoms with van der Waals surface area (Å²) in [4.78, 5) is 0. The van der Waals surface area contributed by atoms with Gasteiger partial charge in [-0.25, -0.2) is 0 Å². The van der Waals surface area contributed by atoms with Crippen molar-refractivity contribution in [1.82, 2.24) is 5.32 Å². The van der Waals surface area contributed by atoms with Gasteiger partial charge in [0, 0.05) is 18.6 Å². The Hall–Kier alpha value is -0.0800. The average Bonchev–Trinajstić information content (AvgIpc) is 2.14. The predicted molar refractivity (Wildman–Crippen MR) is 60.3 cm³/mol. The summed E-state index contributed by atoms with van der Waals surface area (Å²) in [6.07, 6.45) is 6.68. The Bertz CT molecular complexity index is 150. The standard InChI is InChI=1S/C12H25NO/c1-3-12(2,10-14)9-13-8-7-11-5-4-6-11/h11,13-14H,3-10H2,1-2H3. The highest BCUT2D eigenvalue weighted by atomic mass is 16.3. The first kappa shape index (κ1) is 12.0. The van der Waals surface area contributed by atoms with E-state index in [1.807, 2.05) is 0 Å². The molecule has 0 radical (unpaired) electrons. The van der Waals surface area contributed by atoms with Crippen LogP contribution in [-0.2, 0) is 0 Å². The molecule has 14 heavy (non-hydrogen) atoms. The van der Waals surface area contributed by atoms with Crippen LogP contribution in [0.2, 0.25) is 0 Å². The Balaban J connectivity index is 2.01. The van der Waals surface area contributed by atoms with Gasteiger partial charge in [-0.3, -0.25) is 0 Å². The van der Waals surface area contributed by atoms with Crippen molar-refractivity contribution < 1.29 is 5.11 Å². The molecule has 2 N–H and O–H groups in total. The van der Waals surface area contributed by atoms with E-state index in [-0.39, 0.29) is 5.41 Å². The van der Waals surface area contributed by atoms with Crippen LogP contribution < -0.4 is 5.32 Å². The molecule has 0 bridgehead atoms. The van der Waals surface area contributed by atoms with Crippen molar-refractivity contribution in [3.8, 4) is 0 Å². The predicted octanol–water partition coefficient (Wildman–Crippen LogP) is 2.17. The lowest BCUT2D eigenvalue weighted by atomic mass is 9.83. The SMILES string of the molecule is CCC(C)(CO)CNCCC1CCC1. The van der Waals surface area contributed by atoms with E-state index in [0.717, 1.165) is 25.4 Å². The lowest BCUT2D eigenvalue weighted by Crippen LogP contribution is -2.35. The molecular formula is C12H25NO. The first-order valence-corrected chi connectivity index (χ1v) is 6.02. The van der Waals surface area contributed by atoms with Crippen molar-refractivity contribution in [2.24, 2.45) is 11.3 Å². The fourth-order valence-electron chi connectivity index (χ4n) is 1.77. The van der Waals surface area contributed by atoms with Crippen LogP contribution in [0.5, 0.6) is 0 Å². The zero-order chi connectivity index (χ0) is 10.4. The Kier molecular flexibility index (Phi) is 4.90. The molecule has 0 aromatic heterocycles. The molecule has 1 unspecified atom stereocenters. The van der Waals surface area contributed by atoms with E-state index < -0.39 is 0 Å². The second kappa shape index (κ2) is 5.72. The third-order valence-electron chi connectivity index (χ3n) is 3.74. The monoisotopic (exact) mass is 199 g/mol. The fraction of sp³-hybridized carbons (Fsp3) is 1.00. The summed E-state index contributed by atoms with van der Waals surface area (Å²) >= 11 is 0. The molecule has 1 fully saturated rings. The van der Waals surface area contributed by atoms with Gasteiger partial charge >= 0.3 is 0 Å². The van der Waals surface area contributed by atoms with E-state index in [1.165, 1.54) is 25.7 Å². The molecule has 0 amide bonds. The van der Waals surface area contributed by atoms with E-state index in [4.69, 9.17) is 0 Å². The van der Waals surface area contributed by atoms with Gasteiger partial charge in [-0.05, 0) is 25.3 Å². The smallest absolute Gasteiger partial charge is 0.0496 e. The number of hydrogen-bond acceptors (Lipinski definition) is 2. The van der Waals surface area contributed by atoms with Crippen molar-refractivity contribution in [1.29, 1.82) is 0 Å². The minimum Gasteiger partial charge on any atom is -0.396 e. The second-order valence-electron chi connectivity index (χ2n) is 5.08. The van der Waals surface area contributed by atoms with Gasteiger partial charge < -0.3 is 10.4 Å². The molecule has 1 aliphatic rings. The molecule has 84 valence electrons. The Morgan fingerprint density at radius 2 is 2.14 bits per heavy atom. The summed E-state index contributed by atoms with van der Waals surface area (Å²) in [6.45, 7) is 6.65. The van der Waals surface area contributed by atoms with Crippen LogP contribution in [-0.4, -0.2) is 24.8 Å². The van der Waals surface area contributed by atoms with E-state index in [1.54, 1.807) is 0 Å². The van der Waals surface area contributed by atoms with Gasteiger partial charge in [0.15, 0.2) is 0 Å². The van der Waals surface area contributed by atoms with E-state index in [9.17, 15) is 5.11 Å². The lowest BCUT2D eigenvalue weighted by molar-refractivity contribution is 0.134. The van der Waals surface area contributed by atoms with Crippen molar-refractivity contribution in [3.05, 3.63) is 0 Å². The molecule has 2 nitrogen and oxygen atoms in total. The third-order valence-corrected chi connectivity index (χ3v) is 3.74. The van der Waals surface area contributed by atoms with Crippen molar-refractivity contribution in [2.75, 3.05) is 19.7 Å². The van der Waals surface area contributed by atoms with E-state index >= 15 is 0 Å². The largest absolute Gasteiger partial charge is 0.396 e. The van der Waals surface area contributed by atoms with Crippen LogP contribution >= 0.6 is 0 Å².